The Bertz CT molecular complexity index is 517. The molecule has 22 heavy (non-hydrogen) atoms. The number of likely N-dealkylation sites (tertiary alicyclic amines) is 1. The van der Waals surface area contributed by atoms with Crippen molar-refractivity contribution < 1.29 is 9.53 Å². The zero-order valence-electron chi connectivity index (χ0n) is 13.0. The van der Waals surface area contributed by atoms with Crippen LogP contribution in [-0.4, -0.2) is 55.0 Å². The predicted octanol–water partition coefficient (Wildman–Crippen LogP) is 3.31. The molecule has 0 unspecified atom stereocenters. The molecule has 4 nitrogen and oxygen atoms in total. The molecule has 0 bridgehead atoms. The molecule has 122 valence electrons. The van der Waals surface area contributed by atoms with Gasteiger partial charge in [-0.3, -0.25) is 4.79 Å². The molecule has 0 aromatic heterocycles. The molecule has 1 amide bonds. The first-order valence-corrected chi connectivity index (χ1v) is 8.32. The molecule has 1 aromatic carbocycles. The first kappa shape index (κ1) is 17.4. The summed E-state index contributed by atoms with van der Waals surface area (Å²) >= 11 is 11.9. The number of amides is 1. The number of rotatable bonds is 5. The van der Waals surface area contributed by atoms with Gasteiger partial charge in [-0.15, -0.1) is 0 Å². The van der Waals surface area contributed by atoms with Crippen molar-refractivity contribution in [3.63, 3.8) is 0 Å². The van der Waals surface area contributed by atoms with E-state index in [-0.39, 0.29) is 12.5 Å². The molecule has 0 N–H and O–H groups in total. The summed E-state index contributed by atoms with van der Waals surface area (Å²) in [5, 5.41) is 0.961. The normalized spacial score (nSPS) is 16.5. The van der Waals surface area contributed by atoms with Crippen LogP contribution in [0.3, 0.4) is 0 Å². The van der Waals surface area contributed by atoms with Crippen LogP contribution in [0.2, 0.25) is 10.0 Å². The average Bonchev–Trinajstić information content (AvgIpc) is 2.53. The fourth-order valence-corrected chi connectivity index (χ4v) is 3.12. The van der Waals surface area contributed by atoms with Gasteiger partial charge in [0.1, 0.15) is 5.75 Å². The minimum absolute atomic E-state index is 0.00809. The van der Waals surface area contributed by atoms with Gasteiger partial charge in [0.2, 0.25) is 0 Å². The Morgan fingerprint density at radius 1 is 1.36 bits per heavy atom. The van der Waals surface area contributed by atoms with Crippen molar-refractivity contribution in [1.82, 2.24) is 9.80 Å². The molecular weight excluding hydrogens is 323 g/mol. The fourth-order valence-electron chi connectivity index (χ4n) is 2.66. The van der Waals surface area contributed by atoms with Gasteiger partial charge in [-0.2, -0.15) is 0 Å². The highest BCUT2D eigenvalue weighted by atomic mass is 35.5. The zero-order valence-corrected chi connectivity index (χ0v) is 14.5. The minimum atomic E-state index is -0.0269. The van der Waals surface area contributed by atoms with Crippen LogP contribution in [0.25, 0.3) is 0 Å². The van der Waals surface area contributed by atoms with Crippen LogP contribution in [0, 0.1) is 0 Å². The van der Waals surface area contributed by atoms with E-state index >= 15 is 0 Å². The monoisotopic (exact) mass is 344 g/mol. The third kappa shape index (κ3) is 4.51. The quantitative estimate of drug-likeness (QED) is 0.821. The van der Waals surface area contributed by atoms with Crippen molar-refractivity contribution >= 4 is 29.1 Å². The number of halogens is 2. The summed E-state index contributed by atoms with van der Waals surface area (Å²) in [5.74, 6) is 0.453. The highest BCUT2D eigenvalue weighted by Gasteiger charge is 2.24. The predicted molar refractivity (Wildman–Crippen MR) is 89.9 cm³/mol. The van der Waals surface area contributed by atoms with E-state index in [4.69, 9.17) is 27.9 Å². The Hall–Kier alpha value is -0.970. The van der Waals surface area contributed by atoms with Gasteiger partial charge in [-0.05, 0) is 37.6 Å². The van der Waals surface area contributed by atoms with Gasteiger partial charge in [0.15, 0.2) is 6.61 Å². The zero-order chi connectivity index (χ0) is 16.1. The Labute approximate surface area is 141 Å². The lowest BCUT2D eigenvalue weighted by molar-refractivity contribution is -0.135. The first-order chi connectivity index (χ1) is 10.5. The van der Waals surface area contributed by atoms with Crippen LogP contribution >= 0.6 is 23.2 Å². The lowest BCUT2D eigenvalue weighted by atomic mass is 10.0. The third-order valence-corrected chi connectivity index (χ3v) is 4.72. The molecule has 0 atom stereocenters. The van der Waals surface area contributed by atoms with Gasteiger partial charge < -0.3 is 14.5 Å². The van der Waals surface area contributed by atoms with Crippen LogP contribution in [0.15, 0.2) is 18.2 Å². The van der Waals surface area contributed by atoms with Crippen LogP contribution in [-0.2, 0) is 4.79 Å². The molecule has 0 saturated carbocycles. The molecule has 1 heterocycles. The second kappa shape index (κ2) is 8.04. The van der Waals surface area contributed by atoms with E-state index in [1.54, 1.807) is 23.1 Å². The van der Waals surface area contributed by atoms with E-state index in [9.17, 15) is 4.79 Å². The van der Waals surface area contributed by atoms with Crippen LogP contribution in [0.4, 0.5) is 0 Å². The van der Waals surface area contributed by atoms with Crippen molar-refractivity contribution in [2.45, 2.75) is 25.8 Å². The maximum Gasteiger partial charge on any atom is 0.260 e. The van der Waals surface area contributed by atoms with E-state index in [0.29, 0.717) is 21.8 Å². The van der Waals surface area contributed by atoms with Crippen molar-refractivity contribution in [2.75, 3.05) is 33.3 Å². The molecule has 0 spiro atoms. The summed E-state index contributed by atoms with van der Waals surface area (Å²) in [4.78, 5) is 16.5. The molecule has 1 fully saturated rings. The average molecular weight is 345 g/mol. The molecule has 1 aliphatic rings. The minimum Gasteiger partial charge on any atom is -0.482 e. The van der Waals surface area contributed by atoms with E-state index in [1.807, 2.05) is 7.05 Å². The number of ether oxygens (including phenoxy) is 1. The maximum atomic E-state index is 12.3. The number of likely N-dealkylation sites (N-methyl/N-ethyl adjacent to an activating group) is 1. The lowest BCUT2D eigenvalue weighted by Gasteiger charge is -2.36. The number of benzene rings is 1. The highest BCUT2D eigenvalue weighted by Crippen LogP contribution is 2.27. The van der Waals surface area contributed by atoms with Crippen LogP contribution in [0.1, 0.15) is 19.8 Å². The van der Waals surface area contributed by atoms with Gasteiger partial charge in [0.05, 0.1) is 5.02 Å². The van der Waals surface area contributed by atoms with E-state index in [1.165, 1.54) is 0 Å². The van der Waals surface area contributed by atoms with Gasteiger partial charge in [0, 0.05) is 31.2 Å². The summed E-state index contributed by atoms with van der Waals surface area (Å²) < 4.78 is 5.52. The number of carbonyl (C=O) groups excluding carboxylic acids is 1. The number of hydrogen-bond acceptors (Lipinski definition) is 3. The van der Waals surface area contributed by atoms with Gasteiger partial charge in [0.25, 0.3) is 5.91 Å². The smallest absolute Gasteiger partial charge is 0.260 e. The summed E-state index contributed by atoms with van der Waals surface area (Å²) in [6.45, 7) is 5.32. The second-order valence-corrected chi connectivity index (χ2v) is 6.38. The Morgan fingerprint density at radius 2 is 2.05 bits per heavy atom. The Kier molecular flexibility index (Phi) is 6.36. The lowest BCUT2D eigenvalue weighted by Crippen LogP contribution is -2.46. The molecule has 2 rings (SSSR count). The third-order valence-electron chi connectivity index (χ3n) is 4.19. The SMILES string of the molecule is CCN1CCC(N(C)C(=O)COc2ccc(Cl)cc2Cl)CC1. The molecule has 1 aliphatic heterocycles. The van der Waals surface area contributed by atoms with E-state index < -0.39 is 0 Å². The molecule has 0 radical (unpaired) electrons. The topological polar surface area (TPSA) is 32.8 Å². The summed E-state index contributed by atoms with van der Waals surface area (Å²) in [5.41, 5.74) is 0. The fraction of sp³-hybridized carbons (Fsp3) is 0.562. The molecule has 1 saturated heterocycles. The number of nitrogens with zero attached hydrogens (tertiary/aromatic N) is 2. The first-order valence-electron chi connectivity index (χ1n) is 7.57. The largest absolute Gasteiger partial charge is 0.482 e. The van der Waals surface area contributed by atoms with Crippen LogP contribution < -0.4 is 4.74 Å². The van der Waals surface area contributed by atoms with Gasteiger partial charge in [-0.25, -0.2) is 0 Å². The standard InChI is InChI=1S/C16H22Cl2N2O2/c1-3-20-8-6-13(7-9-20)19(2)16(21)11-22-15-5-4-12(17)10-14(15)18/h4-5,10,13H,3,6-9,11H2,1-2H3. The highest BCUT2D eigenvalue weighted by molar-refractivity contribution is 6.35. The van der Waals surface area contributed by atoms with Crippen molar-refractivity contribution in [2.24, 2.45) is 0 Å². The molecule has 6 heteroatoms. The molecule has 1 aromatic rings. The van der Waals surface area contributed by atoms with E-state index in [2.05, 4.69) is 11.8 Å². The summed E-state index contributed by atoms with van der Waals surface area (Å²) in [6, 6.07) is 5.27. The van der Waals surface area contributed by atoms with Crippen molar-refractivity contribution in [1.29, 1.82) is 0 Å². The van der Waals surface area contributed by atoms with Gasteiger partial charge in [-0.1, -0.05) is 30.1 Å². The van der Waals surface area contributed by atoms with Crippen molar-refractivity contribution in [3.8, 4) is 5.75 Å². The van der Waals surface area contributed by atoms with Gasteiger partial charge >= 0.3 is 0 Å². The summed E-state index contributed by atoms with van der Waals surface area (Å²) in [6.07, 6.45) is 2.02. The van der Waals surface area contributed by atoms with E-state index in [0.717, 1.165) is 32.5 Å². The number of hydrogen-bond donors (Lipinski definition) is 0. The number of piperidine rings is 1. The summed E-state index contributed by atoms with van der Waals surface area (Å²) in [7, 11) is 1.85. The van der Waals surface area contributed by atoms with Crippen molar-refractivity contribution in [3.05, 3.63) is 28.2 Å². The number of carbonyl (C=O) groups is 1. The second-order valence-electron chi connectivity index (χ2n) is 5.53. The Balaban J connectivity index is 1.84. The molecule has 0 aliphatic carbocycles. The molecular formula is C16H22Cl2N2O2. The van der Waals surface area contributed by atoms with Crippen LogP contribution in [0.5, 0.6) is 5.75 Å². The maximum absolute atomic E-state index is 12.3. The Morgan fingerprint density at radius 3 is 2.64 bits per heavy atom.